The average molecular weight is 494 g/mol. The number of carbonyl (C=O) groups excluding carboxylic acids is 1. The molecule has 2 aliphatic rings. The number of nitrogens with one attached hydrogen (secondary N) is 1. The highest BCUT2D eigenvalue weighted by atomic mass is 32.1. The number of benzene rings is 2. The maximum absolute atomic E-state index is 13.4. The normalized spacial score (nSPS) is 17.2. The average Bonchev–Trinajstić information content (AvgIpc) is 3.59. The largest absolute Gasteiger partial charge is 0.454 e. The van der Waals surface area contributed by atoms with E-state index in [2.05, 4.69) is 15.3 Å². The Bertz CT molecular complexity index is 1400. The number of hydrogen-bond acceptors (Lipinski definition) is 7. The molecule has 6 rings (SSSR count). The number of amides is 1. The first-order valence-corrected chi connectivity index (χ1v) is 12.4. The van der Waals surface area contributed by atoms with E-state index in [0.29, 0.717) is 18.8 Å². The lowest BCUT2D eigenvalue weighted by molar-refractivity contribution is -0.125. The van der Waals surface area contributed by atoms with Crippen LogP contribution in [-0.4, -0.2) is 40.6 Å². The van der Waals surface area contributed by atoms with Crippen LogP contribution < -0.4 is 19.7 Å². The zero-order chi connectivity index (χ0) is 23.9. The molecule has 8 nitrogen and oxygen atoms in total. The van der Waals surface area contributed by atoms with Crippen LogP contribution in [0.15, 0.2) is 42.5 Å². The van der Waals surface area contributed by atoms with Gasteiger partial charge >= 0.3 is 0 Å². The van der Waals surface area contributed by atoms with Gasteiger partial charge in [0.25, 0.3) is 0 Å². The van der Waals surface area contributed by atoms with Crippen molar-refractivity contribution in [2.75, 3.05) is 24.8 Å². The molecule has 0 aliphatic carbocycles. The van der Waals surface area contributed by atoms with Crippen LogP contribution in [0.1, 0.15) is 24.1 Å². The number of aryl methyl sites for hydroxylation is 1. The Labute approximate surface area is 205 Å². The first-order chi connectivity index (χ1) is 17.0. The summed E-state index contributed by atoms with van der Waals surface area (Å²) in [5.74, 6) is 1.09. The Balaban J connectivity index is 1.16. The number of piperidine rings is 1. The number of thiazole rings is 1. The molecule has 2 aromatic heterocycles. The molecule has 4 heterocycles. The number of carbonyl (C=O) groups is 1. The number of hydrogen-bond donors (Lipinski definition) is 1. The molecule has 180 valence electrons. The van der Waals surface area contributed by atoms with Crippen LogP contribution in [0.4, 0.5) is 9.52 Å². The van der Waals surface area contributed by atoms with Gasteiger partial charge in [-0.15, -0.1) is 0 Å². The van der Waals surface area contributed by atoms with Crippen LogP contribution in [0.5, 0.6) is 11.5 Å². The van der Waals surface area contributed by atoms with Crippen molar-refractivity contribution in [3.8, 4) is 17.2 Å². The summed E-state index contributed by atoms with van der Waals surface area (Å²) >= 11 is 1.58. The molecule has 1 saturated heterocycles. The first kappa shape index (κ1) is 21.8. The highest BCUT2D eigenvalue weighted by Gasteiger charge is 2.28. The zero-order valence-corrected chi connectivity index (χ0v) is 20.0. The molecule has 2 aliphatic heterocycles. The van der Waals surface area contributed by atoms with Crippen LogP contribution in [0.25, 0.3) is 16.0 Å². The molecule has 2 aromatic carbocycles. The fourth-order valence-electron chi connectivity index (χ4n) is 4.57. The third kappa shape index (κ3) is 4.18. The summed E-state index contributed by atoms with van der Waals surface area (Å²) in [6.07, 6.45) is 1.76. The number of halogens is 1. The van der Waals surface area contributed by atoms with E-state index >= 15 is 0 Å². The Morgan fingerprint density at radius 1 is 1.20 bits per heavy atom. The summed E-state index contributed by atoms with van der Waals surface area (Å²) < 4.78 is 26.9. The minimum atomic E-state index is -0.288. The number of rotatable bonds is 5. The molecule has 10 heteroatoms. The van der Waals surface area contributed by atoms with Crippen molar-refractivity contribution in [3.05, 3.63) is 59.5 Å². The fourth-order valence-corrected chi connectivity index (χ4v) is 5.59. The van der Waals surface area contributed by atoms with Crippen LogP contribution >= 0.6 is 11.3 Å². The van der Waals surface area contributed by atoms with Gasteiger partial charge < -0.3 is 19.7 Å². The third-order valence-electron chi connectivity index (χ3n) is 6.41. The highest BCUT2D eigenvalue weighted by molar-refractivity contribution is 7.22. The van der Waals surface area contributed by atoms with Crippen LogP contribution in [0, 0.1) is 18.7 Å². The monoisotopic (exact) mass is 493 g/mol. The second kappa shape index (κ2) is 8.84. The predicted octanol–water partition coefficient (Wildman–Crippen LogP) is 4.19. The number of ether oxygens (including phenoxy) is 2. The van der Waals surface area contributed by atoms with Crippen molar-refractivity contribution in [2.45, 2.75) is 26.3 Å². The topological polar surface area (TPSA) is 81.5 Å². The fraction of sp³-hybridized carbons (Fsp3) is 0.320. The van der Waals surface area contributed by atoms with Gasteiger partial charge in [-0.25, -0.2) is 9.07 Å². The minimum Gasteiger partial charge on any atom is -0.454 e. The van der Waals surface area contributed by atoms with Crippen molar-refractivity contribution in [1.29, 1.82) is 0 Å². The van der Waals surface area contributed by atoms with Gasteiger partial charge in [-0.3, -0.25) is 4.79 Å². The molecular formula is C25H24FN5O3S. The Kier molecular flexibility index (Phi) is 5.52. The predicted molar refractivity (Wildman–Crippen MR) is 131 cm³/mol. The van der Waals surface area contributed by atoms with Crippen LogP contribution in [-0.2, 0) is 11.3 Å². The third-order valence-corrected chi connectivity index (χ3v) is 7.63. The molecule has 1 N–H and O–H groups in total. The summed E-state index contributed by atoms with van der Waals surface area (Å²) in [5, 5.41) is 8.55. The number of nitrogens with zero attached hydrogens (tertiary/aromatic N) is 4. The molecule has 1 fully saturated rings. The smallest absolute Gasteiger partial charge is 0.231 e. The van der Waals surface area contributed by atoms with E-state index in [0.717, 1.165) is 57.6 Å². The van der Waals surface area contributed by atoms with Gasteiger partial charge in [0, 0.05) is 19.6 Å². The maximum atomic E-state index is 13.4. The number of fused-ring (bicyclic) bond motifs is 2. The van der Waals surface area contributed by atoms with Gasteiger partial charge in [0.15, 0.2) is 22.3 Å². The zero-order valence-electron chi connectivity index (χ0n) is 19.2. The lowest BCUT2D eigenvalue weighted by Gasteiger charge is -2.31. The van der Waals surface area contributed by atoms with Gasteiger partial charge in [-0.05, 0) is 61.7 Å². The summed E-state index contributed by atoms with van der Waals surface area (Å²) in [7, 11) is 0. The Morgan fingerprint density at radius 2 is 2.03 bits per heavy atom. The highest BCUT2D eigenvalue weighted by Crippen LogP contribution is 2.35. The second-order valence-corrected chi connectivity index (χ2v) is 9.79. The molecule has 4 aromatic rings. The van der Waals surface area contributed by atoms with E-state index in [1.807, 2.05) is 25.1 Å². The van der Waals surface area contributed by atoms with Gasteiger partial charge in [0.1, 0.15) is 5.82 Å². The van der Waals surface area contributed by atoms with E-state index < -0.39 is 0 Å². The van der Waals surface area contributed by atoms with E-state index in [-0.39, 0.29) is 24.4 Å². The van der Waals surface area contributed by atoms with Gasteiger partial charge in [-0.1, -0.05) is 17.4 Å². The number of aromatic nitrogens is 3. The molecule has 1 amide bonds. The van der Waals surface area contributed by atoms with Crippen molar-refractivity contribution >= 4 is 32.7 Å². The van der Waals surface area contributed by atoms with E-state index in [9.17, 15) is 9.18 Å². The number of anilines is 1. The molecule has 0 saturated carbocycles. The summed E-state index contributed by atoms with van der Waals surface area (Å²) in [6.45, 7) is 4.10. The van der Waals surface area contributed by atoms with Gasteiger partial charge in [0.2, 0.25) is 12.7 Å². The van der Waals surface area contributed by atoms with E-state index in [1.54, 1.807) is 28.2 Å². The van der Waals surface area contributed by atoms with Gasteiger partial charge in [-0.2, -0.15) is 10.1 Å². The summed E-state index contributed by atoms with van der Waals surface area (Å²) in [5.41, 5.74) is 3.37. The minimum absolute atomic E-state index is 0.0437. The van der Waals surface area contributed by atoms with Crippen LogP contribution in [0.2, 0.25) is 0 Å². The van der Waals surface area contributed by atoms with Crippen molar-refractivity contribution in [2.24, 2.45) is 5.92 Å². The molecule has 35 heavy (non-hydrogen) atoms. The summed E-state index contributed by atoms with van der Waals surface area (Å²) in [4.78, 5) is 20.0. The molecule has 0 radical (unpaired) electrons. The second-order valence-electron chi connectivity index (χ2n) is 8.81. The summed E-state index contributed by atoms with van der Waals surface area (Å²) in [6, 6.07) is 11.9. The first-order valence-electron chi connectivity index (χ1n) is 11.6. The quantitative estimate of drug-likeness (QED) is 0.449. The SMILES string of the molecule is Cc1nn(-c2ccc(F)cc2)c2nc(N3CCC[C@H](C(=O)NCc4ccc5c(c4)OCO5)C3)sc12. The Morgan fingerprint density at radius 3 is 2.89 bits per heavy atom. The Hall–Kier alpha value is -3.66. The molecular weight excluding hydrogens is 469 g/mol. The van der Waals surface area contributed by atoms with Crippen molar-refractivity contribution in [3.63, 3.8) is 0 Å². The van der Waals surface area contributed by atoms with Crippen LogP contribution in [0.3, 0.4) is 0 Å². The maximum Gasteiger partial charge on any atom is 0.231 e. The molecule has 0 bridgehead atoms. The van der Waals surface area contributed by atoms with Crippen molar-refractivity contribution < 1.29 is 18.7 Å². The lowest BCUT2D eigenvalue weighted by atomic mass is 9.97. The van der Waals surface area contributed by atoms with E-state index in [4.69, 9.17) is 14.5 Å². The van der Waals surface area contributed by atoms with Crippen molar-refractivity contribution in [1.82, 2.24) is 20.1 Å². The molecule has 1 atom stereocenters. The lowest BCUT2D eigenvalue weighted by Crippen LogP contribution is -2.43. The van der Waals surface area contributed by atoms with Gasteiger partial charge in [0.05, 0.1) is 22.0 Å². The molecule has 0 spiro atoms. The van der Waals surface area contributed by atoms with E-state index in [1.165, 1.54) is 12.1 Å². The molecule has 0 unspecified atom stereocenters. The standard InChI is InChI=1S/C25H24FN5O3S/c1-15-22-23(31(29-15)19-7-5-18(26)6-8-19)28-25(35-22)30-10-2-3-17(13-30)24(32)27-12-16-4-9-20-21(11-16)34-14-33-20/h4-9,11,17H,2-3,10,12-14H2,1H3,(H,27,32)/t17-/m0/s1.